The van der Waals surface area contributed by atoms with Crippen molar-refractivity contribution in [2.45, 2.75) is 19.4 Å². The summed E-state index contributed by atoms with van der Waals surface area (Å²) in [5, 5.41) is 3.35. The van der Waals surface area contributed by atoms with Crippen LogP contribution in [0.3, 0.4) is 0 Å². The molecule has 0 aliphatic carbocycles. The highest BCUT2D eigenvalue weighted by Gasteiger charge is 2.11. The normalized spacial score (nSPS) is 16.1. The molecule has 0 aromatic heterocycles. The molecule has 4 nitrogen and oxygen atoms in total. The van der Waals surface area contributed by atoms with Crippen LogP contribution >= 0.6 is 0 Å². The van der Waals surface area contributed by atoms with Gasteiger partial charge >= 0.3 is 0 Å². The van der Waals surface area contributed by atoms with Crippen LogP contribution in [0.15, 0.2) is 18.2 Å². The Morgan fingerprint density at radius 3 is 2.82 bits per heavy atom. The van der Waals surface area contributed by atoms with E-state index in [0.29, 0.717) is 13.2 Å². The number of hydrogen-bond acceptors (Lipinski definition) is 4. The molecule has 1 N–H and O–H groups in total. The van der Waals surface area contributed by atoms with Gasteiger partial charge in [-0.15, -0.1) is 0 Å². The van der Waals surface area contributed by atoms with Crippen molar-refractivity contribution in [2.24, 2.45) is 0 Å². The summed E-state index contributed by atoms with van der Waals surface area (Å²) in [7, 11) is 1.70. The molecular weight excluding hydrogens is 218 g/mol. The van der Waals surface area contributed by atoms with E-state index >= 15 is 0 Å². The largest absolute Gasteiger partial charge is 0.490 e. The van der Waals surface area contributed by atoms with E-state index in [1.165, 1.54) is 0 Å². The van der Waals surface area contributed by atoms with E-state index < -0.39 is 0 Å². The maximum absolute atomic E-state index is 5.63. The molecule has 1 unspecified atom stereocenters. The molecule has 0 spiro atoms. The summed E-state index contributed by atoms with van der Waals surface area (Å²) >= 11 is 0. The molecule has 1 aliphatic heterocycles. The molecule has 0 saturated carbocycles. The van der Waals surface area contributed by atoms with Gasteiger partial charge < -0.3 is 19.5 Å². The molecule has 2 rings (SSSR count). The fraction of sp³-hybridized carbons (Fsp3) is 0.538. The number of ether oxygens (including phenoxy) is 3. The molecule has 1 aliphatic rings. The Morgan fingerprint density at radius 1 is 1.29 bits per heavy atom. The summed E-state index contributed by atoms with van der Waals surface area (Å²) in [6.07, 6.45) is 0.928. The molecule has 1 heterocycles. The molecule has 0 saturated heterocycles. The average molecular weight is 237 g/mol. The Morgan fingerprint density at radius 2 is 2.06 bits per heavy atom. The van der Waals surface area contributed by atoms with Crippen LogP contribution < -0.4 is 14.8 Å². The van der Waals surface area contributed by atoms with Gasteiger partial charge in [-0.1, -0.05) is 0 Å². The molecule has 0 amide bonds. The molecule has 1 atom stereocenters. The average Bonchev–Trinajstić information content (AvgIpc) is 2.53. The molecular formula is C13H19NO3. The van der Waals surface area contributed by atoms with E-state index in [2.05, 4.69) is 12.2 Å². The molecule has 17 heavy (non-hydrogen) atoms. The van der Waals surface area contributed by atoms with E-state index in [-0.39, 0.29) is 6.04 Å². The van der Waals surface area contributed by atoms with E-state index in [9.17, 15) is 0 Å². The Bertz CT molecular complexity index is 368. The van der Waals surface area contributed by atoms with Gasteiger partial charge in [0.2, 0.25) is 0 Å². The second kappa shape index (κ2) is 5.77. The van der Waals surface area contributed by atoms with Crippen molar-refractivity contribution in [3.8, 4) is 11.5 Å². The van der Waals surface area contributed by atoms with Crippen molar-refractivity contribution in [1.29, 1.82) is 0 Å². The SMILES string of the molecule is COCC(C)Nc1ccc2c(c1)OCCCO2. The van der Waals surface area contributed by atoms with Gasteiger partial charge in [0.05, 0.1) is 19.8 Å². The second-order valence-electron chi connectivity index (χ2n) is 4.21. The zero-order chi connectivity index (χ0) is 12.1. The zero-order valence-corrected chi connectivity index (χ0v) is 10.4. The zero-order valence-electron chi connectivity index (χ0n) is 10.4. The summed E-state index contributed by atoms with van der Waals surface area (Å²) < 4.78 is 16.3. The first-order valence-electron chi connectivity index (χ1n) is 5.94. The maximum atomic E-state index is 5.63. The van der Waals surface area contributed by atoms with Crippen LogP contribution in [-0.4, -0.2) is 33.0 Å². The van der Waals surface area contributed by atoms with Gasteiger partial charge in [0, 0.05) is 31.3 Å². The fourth-order valence-corrected chi connectivity index (χ4v) is 1.83. The molecule has 94 valence electrons. The van der Waals surface area contributed by atoms with Gasteiger partial charge in [-0.25, -0.2) is 0 Å². The van der Waals surface area contributed by atoms with Gasteiger partial charge in [0.25, 0.3) is 0 Å². The number of nitrogens with one attached hydrogen (secondary N) is 1. The Kier molecular flexibility index (Phi) is 4.09. The highest BCUT2D eigenvalue weighted by atomic mass is 16.5. The predicted octanol–water partition coefficient (Wildman–Crippen LogP) is 2.29. The van der Waals surface area contributed by atoms with Crippen LogP contribution in [0.2, 0.25) is 0 Å². The third-order valence-corrected chi connectivity index (χ3v) is 2.58. The first-order valence-corrected chi connectivity index (χ1v) is 5.94. The molecule has 1 aromatic rings. The van der Waals surface area contributed by atoms with Crippen molar-refractivity contribution in [3.05, 3.63) is 18.2 Å². The Balaban J connectivity index is 2.07. The van der Waals surface area contributed by atoms with E-state index in [4.69, 9.17) is 14.2 Å². The van der Waals surface area contributed by atoms with E-state index in [0.717, 1.165) is 30.2 Å². The first-order chi connectivity index (χ1) is 8.29. The fourth-order valence-electron chi connectivity index (χ4n) is 1.83. The van der Waals surface area contributed by atoms with Crippen molar-refractivity contribution in [1.82, 2.24) is 0 Å². The Hall–Kier alpha value is -1.42. The van der Waals surface area contributed by atoms with Crippen molar-refractivity contribution >= 4 is 5.69 Å². The van der Waals surface area contributed by atoms with Crippen LogP contribution in [0.4, 0.5) is 5.69 Å². The molecule has 0 radical (unpaired) electrons. The second-order valence-corrected chi connectivity index (χ2v) is 4.21. The minimum Gasteiger partial charge on any atom is -0.490 e. The van der Waals surface area contributed by atoms with Gasteiger partial charge in [-0.3, -0.25) is 0 Å². The van der Waals surface area contributed by atoms with Crippen LogP contribution in [0, 0.1) is 0 Å². The van der Waals surface area contributed by atoms with Gasteiger partial charge in [-0.2, -0.15) is 0 Å². The summed E-state index contributed by atoms with van der Waals surface area (Å²) in [6, 6.07) is 6.19. The van der Waals surface area contributed by atoms with E-state index in [1.807, 2.05) is 18.2 Å². The van der Waals surface area contributed by atoms with Gasteiger partial charge in [-0.05, 0) is 19.1 Å². The van der Waals surface area contributed by atoms with Gasteiger partial charge in [0.15, 0.2) is 11.5 Å². The van der Waals surface area contributed by atoms with Crippen molar-refractivity contribution in [2.75, 3.05) is 32.2 Å². The number of rotatable bonds is 4. The van der Waals surface area contributed by atoms with Crippen LogP contribution in [-0.2, 0) is 4.74 Å². The lowest BCUT2D eigenvalue weighted by Gasteiger charge is -2.15. The Labute approximate surface area is 102 Å². The predicted molar refractivity (Wildman–Crippen MR) is 67.0 cm³/mol. The van der Waals surface area contributed by atoms with Gasteiger partial charge in [0.1, 0.15) is 0 Å². The number of benzene rings is 1. The van der Waals surface area contributed by atoms with Crippen LogP contribution in [0.25, 0.3) is 0 Å². The minimum absolute atomic E-state index is 0.268. The lowest BCUT2D eigenvalue weighted by Crippen LogP contribution is -2.20. The number of anilines is 1. The minimum atomic E-state index is 0.268. The summed E-state index contributed by atoms with van der Waals surface area (Å²) in [6.45, 7) is 4.19. The standard InChI is InChI=1S/C13H19NO3/c1-10(9-15-2)14-11-4-5-12-13(8-11)17-7-3-6-16-12/h4-5,8,10,14H,3,6-7,9H2,1-2H3. The number of hydrogen-bond donors (Lipinski definition) is 1. The van der Waals surface area contributed by atoms with Crippen LogP contribution in [0.5, 0.6) is 11.5 Å². The third-order valence-electron chi connectivity index (χ3n) is 2.58. The molecule has 0 bridgehead atoms. The third kappa shape index (κ3) is 3.27. The first kappa shape index (κ1) is 12.0. The maximum Gasteiger partial charge on any atom is 0.163 e. The van der Waals surface area contributed by atoms with E-state index in [1.54, 1.807) is 7.11 Å². The summed E-state index contributed by atoms with van der Waals surface area (Å²) in [5.74, 6) is 1.64. The highest BCUT2D eigenvalue weighted by Crippen LogP contribution is 2.32. The number of fused-ring (bicyclic) bond motifs is 1. The highest BCUT2D eigenvalue weighted by molar-refractivity contribution is 5.55. The van der Waals surface area contributed by atoms with Crippen molar-refractivity contribution < 1.29 is 14.2 Å². The lowest BCUT2D eigenvalue weighted by atomic mass is 10.2. The van der Waals surface area contributed by atoms with Crippen LogP contribution in [0.1, 0.15) is 13.3 Å². The quantitative estimate of drug-likeness (QED) is 0.872. The molecule has 1 aromatic carbocycles. The lowest BCUT2D eigenvalue weighted by molar-refractivity contribution is 0.190. The van der Waals surface area contributed by atoms with Crippen molar-refractivity contribution in [3.63, 3.8) is 0 Å². The summed E-state index contributed by atoms with van der Waals surface area (Å²) in [5.41, 5.74) is 1.03. The smallest absolute Gasteiger partial charge is 0.163 e. The summed E-state index contributed by atoms with van der Waals surface area (Å²) in [4.78, 5) is 0. The monoisotopic (exact) mass is 237 g/mol. The molecule has 4 heteroatoms. The topological polar surface area (TPSA) is 39.7 Å². The number of methoxy groups -OCH3 is 1. The molecule has 0 fully saturated rings.